The zero-order valence-electron chi connectivity index (χ0n) is 15.2. The van der Waals surface area contributed by atoms with Crippen LogP contribution in [0.2, 0.25) is 0 Å². The number of Topliss-reactive ketones (excluding diaryl/α,β-unsaturated/α-hetero) is 2. The van der Waals surface area contributed by atoms with Crippen LogP contribution in [0.3, 0.4) is 0 Å². The SMILES string of the molecule is CCC(CO)(CO)CO.CCc1ccc(C2CC(=O)CC(=O)C2)cc1. The average Bonchev–Trinajstić information content (AvgIpc) is 2.64. The predicted molar refractivity (Wildman–Crippen MR) is 96.4 cm³/mol. The van der Waals surface area contributed by atoms with Gasteiger partial charge in [0, 0.05) is 18.3 Å². The summed E-state index contributed by atoms with van der Waals surface area (Å²) in [6, 6.07) is 8.27. The third kappa shape index (κ3) is 6.34. The summed E-state index contributed by atoms with van der Waals surface area (Å²) >= 11 is 0. The molecule has 0 amide bonds. The second kappa shape index (κ2) is 10.4. The minimum atomic E-state index is -0.667. The van der Waals surface area contributed by atoms with Gasteiger partial charge in [-0.15, -0.1) is 0 Å². The Morgan fingerprint density at radius 3 is 1.72 bits per heavy atom. The molecule has 0 saturated heterocycles. The summed E-state index contributed by atoms with van der Waals surface area (Å²) < 4.78 is 0. The van der Waals surface area contributed by atoms with Crippen molar-refractivity contribution in [1.82, 2.24) is 0 Å². The van der Waals surface area contributed by atoms with E-state index in [1.54, 1.807) is 0 Å². The van der Waals surface area contributed by atoms with Crippen molar-refractivity contribution in [1.29, 1.82) is 0 Å². The van der Waals surface area contributed by atoms with Gasteiger partial charge in [-0.2, -0.15) is 0 Å². The topological polar surface area (TPSA) is 94.8 Å². The molecular formula is C20H30O5. The molecule has 1 aromatic rings. The Balaban J connectivity index is 0.000000299. The molecule has 2 rings (SSSR count). The van der Waals surface area contributed by atoms with Crippen molar-refractivity contribution in [3.05, 3.63) is 35.4 Å². The lowest BCUT2D eigenvalue weighted by atomic mass is 9.82. The first-order valence-corrected chi connectivity index (χ1v) is 8.88. The molecule has 5 heteroatoms. The van der Waals surface area contributed by atoms with Gasteiger partial charge in [0.2, 0.25) is 0 Å². The molecule has 0 unspecified atom stereocenters. The Hall–Kier alpha value is -1.56. The van der Waals surface area contributed by atoms with Crippen LogP contribution in [0.4, 0.5) is 0 Å². The summed E-state index contributed by atoms with van der Waals surface area (Å²) in [4.78, 5) is 22.7. The van der Waals surface area contributed by atoms with Crippen molar-refractivity contribution in [3.63, 3.8) is 0 Å². The summed E-state index contributed by atoms with van der Waals surface area (Å²) in [5.74, 6) is 0.279. The average molecular weight is 350 g/mol. The number of hydrogen-bond donors (Lipinski definition) is 3. The zero-order valence-corrected chi connectivity index (χ0v) is 15.2. The maximum Gasteiger partial charge on any atom is 0.140 e. The molecule has 0 bridgehead atoms. The summed E-state index contributed by atoms with van der Waals surface area (Å²) in [7, 11) is 0. The minimum absolute atomic E-state index is 0.0841. The lowest BCUT2D eigenvalue weighted by molar-refractivity contribution is -0.130. The maximum atomic E-state index is 11.4. The fourth-order valence-corrected chi connectivity index (χ4v) is 2.73. The molecule has 1 fully saturated rings. The molecule has 1 aromatic carbocycles. The molecule has 140 valence electrons. The van der Waals surface area contributed by atoms with E-state index in [-0.39, 0.29) is 43.7 Å². The number of rotatable bonds is 6. The maximum absolute atomic E-state index is 11.4. The summed E-state index contributed by atoms with van der Waals surface area (Å²) in [5.41, 5.74) is 1.75. The number of hydrogen-bond acceptors (Lipinski definition) is 5. The minimum Gasteiger partial charge on any atom is -0.396 e. The normalized spacial score (nSPS) is 15.7. The van der Waals surface area contributed by atoms with Crippen LogP contribution in [0.25, 0.3) is 0 Å². The molecule has 0 aliphatic heterocycles. The highest BCUT2D eigenvalue weighted by atomic mass is 16.3. The smallest absolute Gasteiger partial charge is 0.140 e. The molecule has 0 atom stereocenters. The first-order chi connectivity index (χ1) is 11.9. The van der Waals surface area contributed by atoms with Crippen LogP contribution in [0.5, 0.6) is 0 Å². The van der Waals surface area contributed by atoms with E-state index in [0.29, 0.717) is 19.3 Å². The lowest BCUT2D eigenvalue weighted by Crippen LogP contribution is -2.32. The number of ketones is 2. The second-order valence-electron chi connectivity index (χ2n) is 6.78. The van der Waals surface area contributed by atoms with Gasteiger partial charge < -0.3 is 15.3 Å². The van der Waals surface area contributed by atoms with E-state index in [9.17, 15) is 9.59 Å². The largest absolute Gasteiger partial charge is 0.396 e. The van der Waals surface area contributed by atoms with Crippen LogP contribution in [0.1, 0.15) is 56.6 Å². The number of aryl methyl sites for hydroxylation is 1. The number of benzene rings is 1. The van der Waals surface area contributed by atoms with Crippen molar-refractivity contribution in [3.8, 4) is 0 Å². The van der Waals surface area contributed by atoms with Crippen LogP contribution in [0, 0.1) is 5.41 Å². The Labute approximate surface area is 149 Å². The standard InChI is InChI=1S/C14H16O2.C6H14O3/c1-2-10-3-5-11(6-4-10)12-7-13(15)9-14(16)8-12;1-2-6(3-7,4-8)5-9/h3-6,12H,2,7-9H2,1H3;7-9H,2-5H2,1H3. The van der Waals surface area contributed by atoms with Gasteiger partial charge in [0.05, 0.1) is 26.2 Å². The fourth-order valence-electron chi connectivity index (χ4n) is 2.73. The molecule has 3 N–H and O–H groups in total. The van der Waals surface area contributed by atoms with Gasteiger partial charge >= 0.3 is 0 Å². The van der Waals surface area contributed by atoms with Crippen molar-refractivity contribution in [2.24, 2.45) is 5.41 Å². The molecule has 1 aliphatic carbocycles. The molecule has 0 heterocycles. The van der Waals surface area contributed by atoms with E-state index in [2.05, 4.69) is 31.2 Å². The summed E-state index contributed by atoms with van der Waals surface area (Å²) in [6.45, 7) is 3.47. The van der Waals surface area contributed by atoms with Crippen LogP contribution in [-0.4, -0.2) is 46.7 Å². The predicted octanol–water partition coefficient (Wildman–Crippen LogP) is 2.01. The van der Waals surface area contributed by atoms with Crippen molar-refractivity contribution in [2.75, 3.05) is 19.8 Å². The molecule has 5 nitrogen and oxygen atoms in total. The quantitative estimate of drug-likeness (QED) is 0.682. The monoisotopic (exact) mass is 350 g/mol. The Morgan fingerprint density at radius 2 is 1.40 bits per heavy atom. The third-order valence-electron chi connectivity index (χ3n) is 4.96. The zero-order chi connectivity index (χ0) is 18.9. The molecular weight excluding hydrogens is 320 g/mol. The highest BCUT2D eigenvalue weighted by Crippen LogP contribution is 2.29. The Morgan fingerprint density at radius 1 is 0.920 bits per heavy atom. The van der Waals surface area contributed by atoms with Crippen LogP contribution in [-0.2, 0) is 16.0 Å². The van der Waals surface area contributed by atoms with E-state index < -0.39 is 5.41 Å². The first kappa shape index (κ1) is 21.5. The van der Waals surface area contributed by atoms with Gasteiger partial charge in [-0.3, -0.25) is 9.59 Å². The lowest BCUT2D eigenvalue weighted by Gasteiger charge is -2.24. The van der Waals surface area contributed by atoms with Gasteiger partial charge in [-0.05, 0) is 29.9 Å². The first-order valence-electron chi connectivity index (χ1n) is 8.88. The molecule has 0 radical (unpaired) electrons. The van der Waals surface area contributed by atoms with E-state index in [4.69, 9.17) is 15.3 Å². The van der Waals surface area contributed by atoms with Crippen molar-refractivity contribution >= 4 is 11.6 Å². The summed E-state index contributed by atoms with van der Waals surface area (Å²) in [5, 5.41) is 26.0. The number of aliphatic hydroxyl groups is 3. The highest BCUT2D eigenvalue weighted by Gasteiger charge is 2.26. The van der Waals surface area contributed by atoms with Gasteiger partial charge in [0.1, 0.15) is 11.6 Å². The second-order valence-corrected chi connectivity index (χ2v) is 6.78. The summed E-state index contributed by atoms with van der Waals surface area (Å²) in [6.07, 6.45) is 2.80. The van der Waals surface area contributed by atoms with Crippen molar-refractivity contribution in [2.45, 2.75) is 51.9 Å². The van der Waals surface area contributed by atoms with Crippen LogP contribution in [0.15, 0.2) is 24.3 Å². The van der Waals surface area contributed by atoms with E-state index in [0.717, 1.165) is 12.0 Å². The molecule has 1 saturated carbocycles. The molecule has 25 heavy (non-hydrogen) atoms. The molecule has 1 aliphatic rings. The highest BCUT2D eigenvalue weighted by molar-refractivity contribution is 6.02. The number of aliphatic hydroxyl groups excluding tert-OH is 3. The number of carbonyl (C=O) groups is 2. The molecule has 0 spiro atoms. The van der Waals surface area contributed by atoms with Crippen LogP contribution >= 0.6 is 0 Å². The Bertz CT molecular complexity index is 512. The Kier molecular flexibility index (Phi) is 8.97. The van der Waals surface area contributed by atoms with E-state index >= 15 is 0 Å². The number of carbonyl (C=O) groups excluding carboxylic acids is 2. The van der Waals surface area contributed by atoms with E-state index in [1.165, 1.54) is 5.56 Å². The van der Waals surface area contributed by atoms with Gasteiger partial charge in [0.15, 0.2) is 0 Å². The third-order valence-corrected chi connectivity index (χ3v) is 4.96. The van der Waals surface area contributed by atoms with Crippen molar-refractivity contribution < 1.29 is 24.9 Å². The van der Waals surface area contributed by atoms with E-state index in [1.807, 2.05) is 6.92 Å². The van der Waals surface area contributed by atoms with Gasteiger partial charge in [-0.1, -0.05) is 38.1 Å². The molecule has 0 aromatic heterocycles. The van der Waals surface area contributed by atoms with Gasteiger partial charge in [0.25, 0.3) is 0 Å². The fraction of sp³-hybridized carbons (Fsp3) is 0.600. The van der Waals surface area contributed by atoms with Crippen LogP contribution < -0.4 is 0 Å². The van der Waals surface area contributed by atoms with Gasteiger partial charge in [-0.25, -0.2) is 0 Å².